The van der Waals surface area contributed by atoms with Gasteiger partial charge in [-0.15, -0.1) is 0 Å². The van der Waals surface area contributed by atoms with E-state index in [4.69, 9.17) is 0 Å². The van der Waals surface area contributed by atoms with Gasteiger partial charge in [-0.3, -0.25) is 9.59 Å². The van der Waals surface area contributed by atoms with Gasteiger partial charge in [0.05, 0.1) is 6.21 Å². The van der Waals surface area contributed by atoms with Crippen LogP contribution in [0.25, 0.3) is 10.8 Å². The van der Waals surface area contributed by atoms with Crippen LogP contribution in [0.2, 0.25) is 0 Å². The van der Waals surface area contributed by atoms with E-state index in [0.717, 1.165) is 17.0 Å². The quantitative estimate of drug-likeness (QED) is 0.439. The Kier molecular flexibility index (Phi) is 4.80. The molecule has 0 aliphatic carbocycles. The Hall–Kier alpha value is -3.54. The molecule has 0 bridgehead atoms. The number of hydrogen-bond acceptors (Lipinski definition) is 3. The number of benzene rings is 3. The molecule has 0 unspecified atom stereocenters. The van der Waals surface area contributed by atoms with E-state index in [9.17, 15) is 14.0 Å². The van der Waals surface area contributed by atoms with E-state index in [-0.39, 0.29) is 5.56 Å². The second kappa shape index (κ2) is 7.35. The fourth-order valence-corrected chi connectivity index (χ4v) is 2.30. The van der Waals surface area contributed by atoms with E-state index in [1.54, 1.807) is 24.3 Å². The van der Waals surface area contributed by atoms with Gasteiger partial charge in [0.15, 0.2) is 0 Å². The number of amides is 2. The molecule has 0 heterocycles. The summed E-state index contributed by atoms with van der Waals surface area (Å²) < 4.78 is 13.4. The van der Waals surface area contributed by atoms with E-state index < -0.39 is 17.6 Å². The van der Waals surface area contributed by atoms with Crippen LogP contribution in [0.5, 0.6) is 0 Å². The SMILES string of the molecule is O=C(N/N=C\c1ccccc1F)C(=O)Nc1cccc2ccccc12. The van der Waals surface area contributed by atoms with Gasteiger partial charge >= 0.3 is 11.8 Å². The molecule has 0 radical (unpaired) electrons. The second-order valence-electron chi connectivity index (χ2n) is 5.20. The molecule has 0 aliphatic rings. The summed E-state index contributed by atoms with van der Waals surface area (Å²) in [6, 6.07) is 18.8. The van der Waals surface area contributed by atoms with Crippen molar-refractivity contribution in [3.63, 3.8) is 0 Å². The second-order valence-corrected chi connectivity index (χ2v) is 5.20. The maximum absolute atomic E-state index is 13.4. The van der Waals surface area contributed by atoms with Crippen molar-refractivity contribution in [3.8, 4) is 0 Å². The molecule has 124 valence electrons. The number of rotatable bonds is 3. The third kappa shape index (κ3) is 3.87. The van der Waals surface area contributed by atoms with Crippen molar-refractivity contribution in [2.45, 2.75) is 0 Å². The zero-order valence-electron chi connectivity index (χ0n) is 13.1. The van der Waals surface area contributed by atoms with Gasteiger partial charge in [-0.05, 0) is 17.5 Å². The minimum absolute atomic E-state index is 0.206. The van der Waals surface area contributed by atoms with E-state index in [1.165, 1.54) is 12.1 Å². The summed E-state index contributed by atoms with van der Waals surface area (Å²) in [7, 11) is 0. The molecule has 0 atom stereocenters. The van der Waals surface area contributed by atoms with Crippen LogP contribution >= 0.6 is 0 Å². The minimum Gasteiger partial charge on any atom is -0.317 e. The van der Waals surface area contributed by atoms with Crippen LogP contribution in [-0.4, -0.2) is 18.0 Å². The summed E-state index contributed by atoms with van der Waals surface area (Å²) >= 11 is 0. The van der Waals surface area contributed by atoms with Gasteiger partial charge in [0.25, 0.3) is 0 Å². The Balaban J connectivity index is 1.67. The van der Waals surface area contributed by atoms with Crippen LogP contribution in [0.1, 0.15) is 5.56 Å². The molecule has 3 aromatic rings. The van der Waals surface area contributed by atoms with Crippen LogP contribution in [0.3, 0.4) is 0 Å². The average molecular weight is 335 g/mol. The first-order valence-corrected chi connectivity index (χ1v) is 7.52. The number of fused-ring (bicyclic) bond motifs is 1. The van der Waals surface area contributed by atoms with E-state index in [2.05, 4.69) is 15.8 Å². The topological polar surface area (TPSA) is 70.6 Å². The van der Waals surface area contributed by atoms with Crippen LogP contribution in [0.15, 0.2) is 71.8 Å². The van der Waals surface area contributed by atoms with Crippen molar-refractivity contribution in [3.05, 3.63) is 78.1 Å². The molecule has 0 fully saturated rings. The number of hydrazone groups is 1. The van der Waals surface area contributed by atoms with Crippen LogP contribution < -0.4 is 10.7 Å². The summed E-state index contributed by atoms with van der Waals surface area (Å²) in [6.07, 6.45) is 1.14. The first-order valence-electron chi connectivity index (χ1n) is 7.52. The smallest absolute Gasteiger partial charge is 0.317 e. The predicted molar refractivity (Wildman–Crippen MR) is 94.7 cm³/mol. The maximum atomic E-state index is 13.4. The molecule has 3 aromatic carbocycles. The molecule has 0 spiro atoms. The fraction of sp³-hybridized carbons (Fsp3) is 0. The molecule has 2 amide bonds. The summed E-state index contributed by atoms with van der Waals surface area (Å²) in [5.41, 5.74) is 2.81. The molecule has 0 saturated carbocycles. The van der Waals surface area contributed by atoms with Crippen LogP contribution in [0, 0.1) is 5.82 Å². The largest absolute Gasteiger partial charge is 0.329 e. The highest BCUT2D eigenvalue weighted by molar-refractivity contribution is 6.40. The van der Waals surface area contributed by atoms with Gasteiger partial charge in [-0.25, -0.2) is 9.82 Å². The Labute approximate surface area is 143 Å². The first-order chi connectivity index (χ1) is 12.1. The van der Waals surface area contributed by atoms with E-state index >= 15 is 0 Å². The van der Waals surface area contributed by atoms with Gasteiger partial charge in [-0.2, -0.15) is 5.10 Å². The molecule has 6 heteroatoms. The molecule has 3 rings (SSSR count). The number of hydrogen-bond donors (Lipinski definition) is 2. The lowest BCUT2D eigenvalue weighted by molar-refractivity contribution is -0.136. The third-order valence-electron chi connectivity index (χ3n) is 3.52. The summed E-state index contributed by atoms with van der Waals surface area (Å²) in [5.74, 6) is -2.27. The lowest BCUT2D eigenvalue weighted by atomic mass is 10.1. The standard InChI is InChI=1S/C19H14FN3O2/c20-16-10-4-2-7-14(16)12-21-23-19(25)18(24)22-17-11-5-8-13-6-1-3-9-15(13)17/h1-12H,(H,22,24)(H,23,25)/b21-12-. The van der Waals surface area contributed by atoms with Crippen molar-refractivity contribution >= 4 is 34.5 Å². The summed E-state index contributed by atoms with van der Waals surface area (Å²) in [6.45, 7) is 0. The van der Waals surface area contributed by atoms with Crippen molar-refractivity contribution in [2.75, 3.05) is 5.32 Å². The minimum atomic E-state index is -0.944. The molecular formula is C19H14FN3O2. The Bertz CT molecular complexity index is 964. The number of nitrogens with one attached hydrogen (secondary N) is 2. The van der Waals surface area contributed by atoms with Gasteiger partial charge in [0, 0.05) is 16.6 Å². The van der Waals surface area contributed by atoms with Crippen molar-refractivity contribution in [1.82, 2.24) is 5.43 Å². The number of halogens is 1. The Morgan fingerprint density at radius 3 is 2.44 bits per heavy atom. The van der Waals surface area contributed by atoms with Crippen molar-refractivity contribution < 1.29 is 14.0 Å². The molecule has 0 saturated heterocycles. The number of nitrogens with zero attached hydrogens (tertiary/aromatic N) is 1. The normalized spacial score (nSPS) is 10.8. The predicted octanol–water partition coefficient (Wildman–Crippen LogP) is 3.07. The maximum Gasteiger partial charge on any atom is 0.329 e. The molecule has 0 aliphatic heterocycles. The highest BCUT2D eigenvalue weighted by Crippen LogP contribution is 2.22. The zero-order valence-corrected chi connectivity index (χ0v) is 13.1. The highest BCUT2D eigenvalue weighted by atomic mass is 19.1. The highest BCUT2D eigenvalue weighted by Gasteiger charge is 2.14. The van der Waals surface area contributed by atoms with Crippen molar-refractivity contribution in [1.29, 1.82) is 0 Å². The molecule has 2 N–H and O–H groups in total. The molecule has 0 aromatic heterocycles. The average Bonchev–Trinajstić information content (AvgIpc) is 2.63. The monoisotopic (exact) mass is 335 g/mol. The van der Waals surface area contributed by atoms with Gasteiger partial charge in [0.2, 0.25) is 0 Å². The molecule has 25 heavy (non-hydrogen) atoms. The lowest BCUT2D eigenvalue weighted by Crippen LogP contribution is -2.32. The fourth-order valence-electron chi connectivity index (χ4n) is 2.30. The van der Waals surface area contributed by atoms with E-state index in [0.29, 0.717) is 5.69 Å². The number of anilines is 1. The van der Waals surface area contributed by atoms with Gasteiger partial charge in [0.1, 0.15) is 5.82 Å². The zero-order chi connectivity index (χ0) is 17.6. The number of carbonyl (C=O) groups is 2. The third-order valence-corrected chi connectivity index (χ3v) is 3.52. The first kappa shape index (κ1) is 16.3. The van der Waals surface area contributed by atoms with Gasteiger partial charge < -0.3 is 5.32 Å². The lowest BCUT2D eigenvalue weighted by Gasteiger charge is -2.07. The Morgan fingerprint density at radius 1 is 0.880 bits per heavy atom. The van der Waals surface area contributed by atoms with Crippen molar-refractivity contribution in [2.24, 2.45) is 5.10 Å². The van der Waals surface area contributed by atoms with Gasteiger partial charge in [-0.1, -0.05) is 54.6 Å². The number of carbonyl (C=O) groups excluding carboxylic acids is 2. The van der Waals surface area contributed by atoms with E-state index in [1.807, 2.05) is 30.3 Å². The summed E-state index contributed by atoms with van der Waals surface area (Å²) in [5, 5.41) is 7.91. The van der Waals surface area contributed by atoms with Crippen LogP contribution in [0.4, 0.5) is 10.1 Å². The molecular weight excluding hydrogens is 321 g/mol. The molecule has 5 nitrogen and oxygen atoms in total. The van der Waals surface area contributed by atoms with Crippen LogP contribution in [-0.2, 0) is 9.59 Å². The summed E-state index contributed by atoms with van der Waals surface area (Å²) in [4.78, 5) is 23.8. The Morgan fingerprint density at radius 2 is 1.60 bits per heavy atom.